The summed E-state index contributed by atoms with van der Waals surface area (Å²) in [6.07, 6.45) is -4.21. The highest BCUT2D eigenvalue weighted by Crippen LogP contribution is 2.30. The minimum atomic E-state index is -4.21. The van der Waals surface area contributed by atoms with E-state index in [4.69, 9.17) is 5.73 Å². The highest BCUT2D eigenvalue weighted by atomic mass is 79.9. The first-order valence-electron chi connectivity index (χ1n) is 5.03. The van der Waals surface area contributed by atoms with Crippen molar-refractivity contribution in [2.75, 3.05) is 18.5 Å². The lowest BCUT2D eigenvalue weighted by molar-refractivity contribution is -0.119. The number of rotatable bonds is 3. The van der Waals surface area contributed by atoms with Gasteiger partial charge in [-0.05, 0) is 40.5 Å². The van der Waals surface area contributed by atoms with E-state index in [1.54, 1.807) is 18.2 Å². The molecule has 0 bridgehead atoms. The molecule has 0 saturated carbocycles. The molecule has 0 saturated heterocycles. The van der Waals surface area contributed by atoms with Crippen LogP contribution in [0.15, 0.2) is 22.7 Å². The first kappa shape index (κ1) is 14.3. The molecule has 1 rings (SSSR count). The molecule has 0 aromatic heterocycles. The van der Waals surface area contributed by atoms with Gasteiger partial charge < -0.3 is 10.6 Å². The molecule has 0 unspecified atom stereocenters. The molecule has 2 nitrogen and oxygen atoms in total. The van der Waals surface area contributed by atoms with Crippen LogP contribution in [0.25, 0.3) is 0 Å². The first-order valence-corrected chi connectivity index (χ1v) is 5.83. The molecular weight excluding hydrogens is 297 g/mol. The standard InChI is InChI=1S/C11H14BrF3N2/c1-7(16)8-3-4-10(9(12)5-8)17(2)6-11(13,14)15/h3-5,7H,6,16H2,1-2H3/t7-/m1/s1. The lowest BCUT2D eigenvalue weighted by Gasteiger charge is -2.22. The maximum absolute atomic E-state index is 12.3. The normalized spacial score (nSPS) is 13.6. The third kappa shape index (κ3) is 4.20. The summed E-state index contributed by atoms with van der Waals surface area (Å²) >= 11 is 3.26. The molecule has 0 amide bonds. The zero-order valence-corrected chi connectivity index (χ0v) is 11.1. The number of halogens is 4. The number of anilines is 1. The number of nitrogens with zero attached hydrogens (tertiary/aromatic N) is 1. The van der Waals surface area contributed by atoms with Crippen LogP contribution < -0.4 is 10.6 Å². The summed E-state index contributed by atoms with van der Waals surface area (Å²) in [5, 5.41) is 0. The Morgan fingerprint density at radius 1 is 1.41 bits per heavy atom. The van der Waals surface area contributed by atoms with Crippen LogP contribution in [-0.4, -0.2) is 19.8 Å². The molecule has 0 aliphatic carbocycles. The molecule has 2 N–H and O–H groups in total. The van der Waals surface area contributed by atoms with Crippen molar-refractivity contribution in [1.82, 2.24) is 0 Å². The molecule has 0 aliphatic heterocycles. The van der Waals surface area contributed by atoms with Crippen LogP contribution in [0, 0.1) is 0 Å². The summed E-state index contributed by atoms with van der Waals surface area (Å²) in [5.74, 6) is 0. The third-order valence-electron chi connectivity index (χ3n) is 2.33. The highest BCUT2D eigenvalue weighted by Gasteiger charge is 2.29. The lowest BCUT2D eigenvalue weighted by Crippen LogP contribution is -2.31. The van der Waals surface area contributed by atoms with Crippen LogP contribution >= 0.6 is 15.9 Å². The van der Waals surface area contributed by atoms with Crippen molar-refractivity contribution in [1.29, 1.82) is 0 Å². The van der Waals surface area contributed by atoms with Crippen LogP contribution in [-0.2, 0) is 0 Å². The molecule has 1 aromatic carbocycles. The molecule has 0 radical (unpaired) electrons. The van der Waals surface area contributed by atoms with E-state index >= 15 is 0 Å². The minimum absolute atomic E-state index is 0.145. The van der Waals surface area contributed by atoms with Crippen LogP contribution in [0.4, 0.5) is 18.9 Å². The monoisotopic (exact) mass is 310 g/mol. The molecule has 0 aliphatic rings. The van der Waals surface area contributed by atoms with E-state index in [9.17, 15) is 13.2 Å². The first-order chi connectivity index (χ1) is 7.70. The number of benzene rings is 1. The summed E-state index contributed by atoms with van der Waals surface area (Å²) in [5.41, 5.74) is 7.06. The zero-order valence-electron chi connectivity index (χ0n) is 9.55. The smallest absolute Gasteiger partial charge is 0.365 e. The molecule has 1 atom stereocenters. The minimum Gasteiger partial charge on any atom is -0.365 e. The van der Waals surface area contributed by atoms with Crippen LogP contribution in [0.2, 0.25) is 0 Å². The Morgan fingerprint density at radius 2 is 2.00 bits per heavy atom. The lowest BCUT2D eigenvalue weighted by atomic mass is 10.1. The summed E-state index contributed by atoms with van der Waals surface area (Å²) < 4.78 is 37.4. The van der Waals surface area contributed by atoms with Crippen molar-refractivity contribution in [3.63, 3.8) is 0 Å². The second-order valence-corrected chi connectivity index (χ2v) is 4.83. The van der Waals surface area contributed by atoms with Crippen molar-refractivity contribution in [3.8, 4) is 0 Å². The Hall–Kier alpha value is -0.750. The van der Waals surface area contributed by atoms with Crippen molar-refractivity contribution in [2.24, 2.45) is 5.73 Å². The van der Waals surface area contributed by atoms with Crippen LogP contribution in [0.5, 0.6) is 0 Å². The topological polar surface area (TPSA) is 29.3 Å². The fraction of sp³-hybridized carbons (Fsp3) is 0.455. The SMILES string of the molecule is C[C@@H](N)c1ccc(N(C)CC(F)(F)F)c(Br)c1. The van der Waals surface area contributed by atoms with Crippen molar-refractivity contribution >= 4 is 21.6 Å². The van der Waals surface area contributed by atoms with Gasteiger partial charge in [-0.15, -0.1) is 0 Å². The Kier molecular flexibility index (Phi) is 4.43. The van der Waals surface area contributed by atoms with Gasteiger partial charge in [0.25, 0.3) is 0 Å². The zero-order chi connectivity index (χ0) is 13.2. The van der Waals surface area contributed by atoms with Gasteiger partial charge in [-0.3, -0.25) is 0 Å². The Labute approximate surface area is 107 Å². The average Bonchev–Trinajstić information content (AvgIpc) is 2.14. The summed E-state index contributed by atoms with van der Waals surface area (Å²) in [6, 6.07) is 4.97. The predicted octanol–water partition coefficient (Wildman–Crippen LogP) is 3.47. The highest BCUT2D eigenvalue weighted by molar-refractivity contribution is 9.10. The van der Waals surface area contributed by atoms with Gasteiger partial charge in [0.2, 0.25) is 0 Å². The Morgan fingerprint density at radius 3 is 2.41 bits per heavy atom. The van der Waals surface area contributed by atoms with Gasteiger partial charge in [0.1, 0.15) is 6.54 Å². The van der Waals surface area contributed by atoms with E-state index in [-0.39, 0.29) is 6.04 Å². The molecule has 6 heteroatoms. The van der Waals surface area contributed by atoms with Crippen molar-refractivity contribution < 1.29 is 13.2 Å². The number of hydrogen-bond donors (Lipinski definition) is 1. The van der Waals surface area contributed by atoms with Gasteiger partial charge in [0, 0.05) is 17.6 Å². The van der Waals surface area contributed by atoms with E-state index in [1.807, 2.05) is 6.92 Å². The Bertz CT molecular complexity index is 391. The number of nitrogens with two attached hydrogens (primary N) is 1. The molecule has 0 fully saturated rings. The van der Waals surface area contributed by atoms with E-state index in [1.165, 1.54) is 7.05 Å². The summed E-state index contributed by atoms with van der Waals surface area (Å²) in [7, 11) is 1.40. The maximum Gasteiger partial charge on any atom is 0.405 e. The maximum atomic E-state index is 12.3. The second-order valence-electron chi connectivity index (χ2n) is 3.97. The van der Waals surface area contributed by atoms with Crippen LogP contribution in [0.3, 0.4) is 0 Å². The summed E-state index contributed by atoms with van der Waals surface area (Å²) in [6.45, 7) is 0.837. The largest absolute Gasteiger partial charge is 0.405 e. The fourth-order valence-corrected chi connectivity index (χ4v) is 2.17. The van der Waals surface area contributed by atoms with Crippen LogP contribution in [0.1, 0.15) is 18.5 Å². The van der Waals surface area contributed by atoms with E-state index in [0.717, 1.165) is 10.5 Å². The number of alkyl halides is 3. The Balaban J connectivity index is 2.92. The van der Waals surface area contributed by atoms with E-state index in [0.29, 0.717) is 10.2 Å². The molecule has 1 aromatic rings. The quantitative estimate of drug-likeness (QED) is 0.926. The molecular formula is C11H14BrF3N2. The van der Waals surface area contributed by atoms with E-state index in [2.05, 4.69) is 15.9 Å². The summed E-state index contributed by atoms with van der Waals surface area (Å²) in [4.78, 5) is 1.15. The van der Waals surface area contributed by atoms with E-state index < -0.39 is 12.7 Å². The van der Waals surface area contributed by atoms with Gasteiger partial charge in [-0.2, -0.15) is 13.2 Å². The predicted molar refractivity (Wildman–Crippen MR) is 66.1 cm³/mol. The molecule has 96 valence electrons. The van der Waals surface area contributed by atoms with Crippen molar-refractivity contribution in [2.45, 2.75) is 19.1 Å². The number of hydrogen-bond acceptors (Lipinski definition) is 2. The molecule has 0 spiro atoms. The van der Waals surface area contributed by atoms with Gasteiger partial charge in [-0.25, -0.2) is 0 Å². The average molecular weight is 311 g/mol. The van der Waals surface area contributed by atoms with Gasteiger partial charge in [-0.1, -0.05) is 6.07 Å². The third-order valence-corrected chi connectivity index (χ3v) is 2.96. The van der Waals surface area contributed by atoms with Gasteiger partial charge >= 0.3 is 6.18 Å². The van der Waals surface area contributed by atoms with Gasteiger partial charge in [0.15, 0.2) is 0 Å². The van der Waals surface area contributed by atoms with Gasteiger partial charge in [0.05, 0.1) is 5.69 Å². The second kappa shape index (κ2) is 5.27. The molecule has 0 heterocycles. The fourth-order valence-electron chi connectivity index (χ4n) is 1.47. The molecule has 17 heavy (non-hydrogen) atoms. The van der Waals surface area contributed by atoms with Crippen molar-refractivity contribution in [3.05, 3.63) is 28.2 Å².